The molecule has 0 atom stereocenters. The quantitative estimate of drug-likeness (QED) is 0.187. The van der Waals surface area contributed by atoms with Crippen LogP contribution < -0.4 is 4.72 Å². The summed E-state index contributed by atoms with van der Waals surface area (Å²) in [6.07, 6.45) is 9.38. The second-order valence-electron chi connectivity index (χ2n) is 8.67. The predicted molar refractivity (Wildman–Crippen MR) is 163 cm³/mol. The van der Waals surface area contributed by atoms with E-state index in [4.69, 9.17) is 11.6 Å². The maximum atomic E-state index is 6.34. The van der Waals surface area contributed by atoms with Gasteiger partial charge < -0.3 is 4.72 Å². The van der Waals surface area contributed by atoms with Gasteiger partial charge in [0.2, 0.25) is 0 Å². The van der Waals surface area contributed by atoms with Gasteiger partial charge in [-0.15, -0.1) is 0 Å². The fourth-order valence-electron chi connectivity index (χ4n) is 3.52. The van der Waals surface area contributed by atoms with Crippen molar-refractivity contribution in [1.29, 1.82) is 0 Å². The number of unbranched alkanes of at least 4 members (excludes halogenated alkanes) is 2. The van der Waals surface area contributed by atoms with Crippen molar-refractivity contribution in [2.75, 3.05) is 13.6 Å². The lowest BCUT2D eigenvalue weighted by Crippen LogP contribution is -2.21. The first-order chi connectivity index (χ1) is 17.9. The molecule has 3 rings (SSSR count). The minimum absolute atomic E-state index is 0.619. The summed E-state index contributed by atoms with van der Waals surface area (Å²) in [5.74, 6) is 0. The highest BCUT2D eigenvalue weighted by atomic mass is 35.5. The van der Waals surface area contributed by atoms with Crippen molar-refractivity contribution in [1.82, 2.24) is 19.6 Å². The molecule has 0 amide bonds. The maximum absolute atomic E-state index is 6.34. The van der Waals surface area contributed by atoms with Crippen molar-refractivity contribution >= 4 is 36.0 Å². The molecule has 7 heteroatoms. The molecule has 5 nitrogen and oxygen atoms in total. The Bertz CT molecular complexity index is 1160. The lowest BCUT2D eigenvalue weighted by Gasteiger charge is -2.19. The molecule has 0 aliphatic rings. The average molecular weight is 536 g/mol. The second-order valence-corrected chi connectivity index (χ2v) is 10.0. The molecule has 1 aromatic carbocycles. The molecule has 0 saturated heterocycles. The van der Waals surface area contributed by atoms with E-state index in [-0.39, 0.29) is 0 Å². The molecule has 196 valence electrons. The average Bonchev–Trinajstić information content (AvgIpc) is 2.89. The minimum Gasteiger partial charge on any atom is -0.326 e. The molecule has 0 saturated carbocycles. The fraction of sp³-hybridized carbons (Fsp3) is 0.300. The van der Waals surface area contributed by atoms with Crippen molar-refractivity contribution < 1.29 is 0 Å². The van der Waals surface area contributed by atoms with Gasteiger partial charge in [0.25, 0.3) is 0 Å². The van der Waals surface area contributed by atoms with E-state index in [1.807, 2.05) is 43.4 Å². The largest absolute Gasteiger partial charge is 0.326 e. The van der Waals surface area contributed by atoms with Crippen LogP contribution in [0.3, 0.4) is 0 Å². The summed E-state index contributed by atoms with van der Waals surface area (Å²) in [4.78, 5) is 16.0. The van der Waals surface area contributed by atoms with Crippen LogP contribution in [0, 0.1) is 6.92 Å². The molecule has 0 aliphatic carbocycles. The van der Waals surface area contributed by atoms with Gasteiger partial charge in [-0.25, -0.2) is 0 Å². The van der Waals surface area contributed by atoms with Gasteiger partial charge in [0.05, 0.1) is 16.4 Å². The third kappa shape index (κ3) is 10.5. The van der Waals surface area contributed by atoms with E-state index < -0.39 is 0 Å². The lowest BCUT2D eigenvalue weighted by molar-refractivity contribution is 0.356. The first kappa shape index (κ1) is 30.3. The molecular weight excluding hydrogens is 498 g/mol. The number of rotatable bonds is 12. The summed E-state index contributed by atoms with van der Waals surface area (Å²) in [6.45, 7) is 15.8. The maximum Gasteiger partial charge on any atom is 0.0888 e. The third-order valence-electron chi connectivity index (χ3n) is 5.43. The lowest BCUT2D eigenvalue weighted by atomic mass is 10.0. The van der Waals surface area contributed by atoms with Gasteiger partial charge in [-0.3, -0.25) is 19.9 Å². The van der Waals surface area contributed by atoms with Crippen LogP contribution >= 0.6 is 23.5 Å². The zero-order valence-corrected chi connectivity index (χ0v) is 23.9. The Morgan fingerprint density at radius 1 is 1.11 bits per heavy atom. The van der Waals surface area contributed by atoms with Crippen molar-refractivity contribution in [2.45, 2.75) is 46.6 Å². The SMILES string of the molecule is C=N/C=C(/CN(C)Cc1ccccn1)SNC(=C)c1cc(-c2ncccc2Cl)ccc1C.CCCCC. The minimum atomic E-state index is 0.619. The monoisotopic (exact) mass is 535 g/mol. The molecule has 3 aromatic rings. The van der Waals surface area contributed by atoms with Crippen molar-refractivity contribution in [3.63, 3.8) is 0 Å². The molecule has 37 heavy (non-hydrogen) atoms. The Morgan fingerprint density at radius 2 is 1.86 bits per heavy atom. The Hall–Kier alpha value is -2.93. The van der Waals surface area contributed by atoms with E-state index in [2.05, 4.69) is 70.8 Å². The number of nitrogens with one attached hydrogen (secondary N) is 1. The highest BCUT2D eigenvalue weighted by Crippen LogP contribution is 2.29. The summed E-state index contributed by atoms with van der Waals surface area (Å²) >= 11 is 7.81. The molecule has 2 aromatic heterocycles. The summed E-state index contributed by atoms with van der Waals surface area (Å²) < 4.78 is 3.36. The second kappa shape index (κ2) is 16.7. The zero-order valence-electron chi connectivity index (χ0n) is 22.4. The predicted octanol–water partition coefficient (Wildman–Crippen LogP) is 8.18. The number of aliphatic imine (C=N–C) groups is 1. The standard InChI is InChI=1S/C25H26ClN5S.C5H12/c1-18-10-11-20(25-24(26)9-7-13-29-25)14-23(18)19(2)30-32-22(15-27-3)17-31(4)16-21-8-5-6-12-28-21;1-3-5-4-2/h5-15,30H,2-3,16-17H2,1,4H3;3-5H2,1-2H3/b22-15-;. The first-order valence-electron chi connectivity index (χ1n) is 12.5. The zero-order chi connectivity index (χ0) is 27.0. The molecule has 0 spiro atoms. The first-order valence-corrected chi connectivity index (χ1v) is 13.7. The van der Waals surface area contributed by atoms with Crippen LogP contribution in [0.2, 0.25) is 5.02 Å². The normalized spacial score (nSPS) is 11.0. The Balaban J connectivity index is 0.000000877. The molecule has 0 fully saturated rings. The number of aromatic nitrogens is 2. The summed E-state index contributed by atoms with van der Waals surface area (Å²) in [5, 5.41) is 0.619. The number of hydrogen-bond donors (Lipinski definition) is 1. The molecule has 1 N–H and O–H groups in total. The topological polar surface area (TPSA) is 53.4 Å². The van der Waals surface area contributed by atoms with Crippen molar-refractivity contribution in [3.8, 4) is 11.3 Å². The van der Waals surface area contributed by atoms with Crippen LogP contribution in [0.5, 0.6) is 0 Å². The number of pyridine rings is 2. The number of hydrogen-bond acceptors (Lipinski definition) is 6. The molecule has 0 radical (unpaired) electrons. The Kier molecular flexibility index (Phi) is 13.7. The van der Waals surface area contributed by atoms with Crippen LogP contribution in [-0.4, -0.2) is 35.2 Å². The number of nitrogens with zero attached hydrogens (tertiary/aromatic N) is 4. The van der Waals surface area contributed by atoms with E-state index in [0.29, 0.717) is 11.6 Å². The third-order valence-corrected chi connectivity index (χ3v) is 6.58. The number of aryl methyl sites for hydroxylation is 1. The highest BCUT2D eigenvalue weighted by molar-refractivity contribution is 8.01. The van der Waals surface area contributed by atoms with E-state index in [9.17, 15) is 0 Å². The number of likely N-dealkylation sites (N-methyl/N-ethyl adjacent to an activating group) is 1. The highest BCUT2D eigenvalue weighted by Gasteiger charge is 2.11. The van der Waals surface area contributed by atoms with Gasteiger partial charge in [-0.05, 0) is 68.5 Å². The van der Waals surface area contributed by atoms with Crippen LogP contribution in [0.15, 0.2) is 83.6 Å². The van der Waals surface area contributed by atoms with Crippen molar-refractivity contribution in [3.05, 3.63) is 100 Å². The van der Waals surface area contributed by atoms with E-state index >= 15 is 0 Å². The van der Waals surface area contributed by atoms with Crippen LogP contribution in [0.1, 0.15) is 49.9 Å². The molecule has 2 heterocycles. The molecule has 0 aliphatic heterocycles. The fourth-order valence-corrected chi connectivity index (χ4v) is 4.53. The Labute approximate surface area is 231 Å². The van der Waals surface area contributed by atoms with Gasteiger partial charge in [0.15, 0.2) is 0 Å². The van der Waals surface area contributed by atoms with Crippen LogP contribution in [0.25, 0.3) is 17.0 Å². The summed E-state index contributed by atoms with van der Waals surface area (Å²) in [7, 11) is 2.05. The van der Waals surface area contributed by atoms with Gasteiger partial charge in [0, 0.05) is 53.4 Å². The van der Waals surface area contributed by atoms with Gasteiger partial charge in [0.1, 0.15) is 0 Å². The number of halogens is 1. The van der Waals surface area contributed by atoms with Crippen LogP contribution in [-0.2, 0) is 6.54 Å². The smallest absolute Gasteiger partial charge is 0.0888 e. The van der Waals surface area contributed by atoms with E-state index in [1.54, 1.807) is 18.6 Å². The van der Waals surface area contributed by atoms with E-state index in [0.717, 1.165) is 45.2 Å². The molecule has 0 unspecified atom stereocenters. The summed E-state index contributed by atoms with van der Waals surface area (Å²) in [5.41, 5.74) is 5.63. The molecule has 0 bridgehead atoms. The number of benzene rings is 1. The van der Waals surface area contributed by atoms with Crippen LogP contribution in [0.4, 0.5) is 0 Å². The summed E-state index contributed by atoms with van der Waals surface area (Å²) in [6, 6.07) is 15.7. The van der Waals surface area contributed by atoms with Crippen molar-refractivity contribution in [2.24, 2.45) is 4.99 Å². The van der Waals surface area contributed by atoms with Gasteiger partial charge >= 0.3 is 0 Å². The Morgan fingerprint density at radius 3 is 2.49 bits per heavy atom. The van der Waals surface area contributed by atoms with Gasteiger partial charge in [-0.1, -0.05) is 69.5 Å². The van der Waals surface area contributed by atoms with Gasteiger partial charge in [-0.2, -0.15) is 0 Å². The molecular formula is C30H38ClN5S. The van der Waals surface area contributed by atoms with E-state index in [1.165, 1.54) is 31.2 Å².